The minimum absolute atomic E-state index is 0. The van der Waals surface area contributed by atoms with Gasteiger partial charge < -0.3 is 5.32 Å². The maximum absolute atomic E-state index is 11.8. The van der Waals surface area contributed by atoms with Gasteiger partial charge in [-0.05, 0) is 31.1 Å². The van der Waals surface area contributed by atoms with Crippen molar-refractivity contribution in [2.24, 2.45) is 0 Å². The molecular weight excluding hydrogens is 222 g/mol. The zero-order valence-corrected chi connectivity index (χ0v) is 10.3. The van der Waals surface area contributed by atoms with Crippen LogP contribution in [0.5, 0.6) is 0 Å². The van der Waals surface area contributed by atoms with Crippen molar-refractivity contribution < 1.29 is 4.79 Å². The predicted molar refractivity (Wildman–Crippen MR) is 68.8 cm³/mol. The first-order valence-electron chi connectivity index (χ1n) is 5.15. The summed E-state index contributed by atoms with van der Waals surface area (Å²) >= 11 is 0. The Morgan fingerprint density at radius 2 is 1.81 bits per heavy atom. The number of carbonyl (C=O) groups excluding carboxylic acids is 1. The van der Waals surface area contributed by atoms with Crippen LogP contribution in [0.1, 0.15) is 19.4 Å². The molecule has 0 bridgehead atoms. The highest BCUT2D eigenvalue weighted by molar-refractivity contribution is 6.04. The fourth-order valence-corrected chi connectivity index (χ4v) is 1.63. The van der Waals surface area contributed by atoms with Crippen molar-refractivity contribution in [2.45, 2.75) is 19.4 Å². The van der Waals surface area contributed by atoms with Crippen LogP contribution in [0.15, 0.2) is 36.4 Å². The van der Waals surface area contributed by atoms with Crippen LogP contribution >= 0.6 is 12.4 Å². The predicted octanol–water partition coefficient (Wildman–Crippen LogP) is 2.44. The number of hydrogen-bond donors (Lipinski definition) is 1. The van der Waals surface area contributed by atoms with Gasteiger partial charge in [0.15, 0.2) is 5.78 Å². The average Bonchev–Trinajstić information content (AvgIpc) is 2.23. The topological polar surface area (TPSA) is 29.1 Å². The SMILES string of the molecule is CC1(C)NCC(c2ccccc2)=CC1=O.Cl. The lowest BCUT2D eigenvalue weighted by Gasteiger charge is -2.29. The molecular formula is C13H16ClNO. The standard InChI is InChI=1S/C13H15NO.ClH/c1-13(2)12(15)8-11(9-14-13)10-6-4-3-5-7-10;/h3-8,14H,9H2,1-2H3;1H. The highest BCUT2D eigenvalue weighted by atomic mass is 35.5. The summed E-state index contributed by atoms with van der Waals surface area (Å²) in [6.45, 7) is 4.57. The molecule has 0 saturated carbocycles. The third kappa shape index (κ3) is 2.52. The van der Waals surface area contributed by atoms with Gasteiger partial charge in [0, 0.05) is 6.54 Å². The van der Waals surface area contributed by atoms with Gasteiger partial charge in [-0.3, -0.25) is 4.79 Å². The second-order valence-electron chi connectivity index (χ2n) is 4.38. The van der Waals surface area contributed by atoms with Crippen LogP contribution in [0.3, 0.4) is 0 Å². The zero-order valence-electron chi connectivity index (χ0n) is 9.49. The van der Waals surface area contributed by atoms with Gasteiger partial charge in [-0.2, -0.15) is 0 Å². The van der Waals surface area contributed by atoms with E-state index in [4.69, 9.17) is 0 Å². The number of carbonyl (C=O) groups is 1. The smallest absolute Gasteiger partial charge is 0.175 e. The lowest BCUT2D eigenvalue weighted by molar-refractivity contribution is -0.119. The van der Waals surface area contributed by atoms with Gasteiger partial charge in [-0.15, -0.1) is 12.4 Å². The Labute approximate surface area is 102 Å². The molecule has 0 unspecified atom stereocenters. The summed E-state index contributed by atoms with van der Waals surface area (Å²) in [4.78, 5) is 11.8. The first-order chi connectivity index (χ1) is 7.09. The Morgan fingerprint density at radius 3 is 2.38 bits per heavy atom. The summed E-state index contributed by atoms with van der Waals surface area (Å²) in [5.41, 5.74) is 1.77. The number of benzene rings is 1. The molecule has 1 aromatic carbocycles. The molecule has 1 aromatic rings. The highest BCUT2D eigenvalue weighted by Crippen LogP contribution is 2.20. The second kappa shape index (κ2) is 4.81. The summed E-state index contributed by atoms with van der Waals surface area (Å²) < 4.78 is 0. The van der Waals surface area contributed by atoms with Crippen molar-refractivity contribution in [3.05, 3.63) is 42.0 Å². The number of hydrogen-bond acceptors (Lipinski definition) is 2. The van der Waals surface area contributed by atoms with Crippen molar-refractivity contribution in [1.82, 2.24) is 5.32 Å². The molecule has 3 heteroatoms. The fraction of sp³-hybridized carbons (Fsp3) is 0.308. The molecule has 0 spiro atoms. The number of rotatable bonds is 1. The lowest BCUT2D eigenvalue weighted by Crippen LogP contribution is -2.49. The molecule has 0 aliphatic carbocycles. The van der Waals surface area contributed by atoms with Crippen LogP contribution < -0.4 is 5.32 Å². The van der Waals surface area contributed by atoms with Crippen molar-refractivity contribution >= 4 is 23.8 Å². The molecule has 0 atom stereocenters. The molecule has 2 nitrogen and oxygen atoms in total. The van der Waals surface area contributed by atoms with Crippen LogP contribution in [-0.2, 0) is 4.79 Å². The lowest BCUT2D eigenvalue weighted by atomic mass is 9.90. The minimum atomic E-state index is -0.418. The maximum atomic E-state index is 11.8. The van der Waals surface area contributed by atoms with Gasteiger partial charge in [0.05, 0.1) is 5.54 Å². The van der Waals surface area contributed by atoms with E-state index in [-0.39, 0.29) is 18.2 Å². The molecule has 2 rings (SSSR count). The summed E-state index contributed by atoms with van der Waals surface area (Å²) in [7, 11) is 0. The summed E-state index contributed by atoms with van der Waals surface area (Å²) in [5.74, 6) is 0.146. The van der Waals surface area contributed by atoms with Crippen LogP contribution in [0.25, 0.3) is 5.57 Å². The summed E-state index contributed by atoms with van der Waals surface area (Å²) in [6, 6.07) is 10.0. The molecule has 1 aliphatic heterocycles. The van der Waals surface area contributed by atoms with Crippen LogP contribution in [-0.4, -0.2) is 17.9 Å². The van der Waals surface area contributed by atoms with Crippen molar-refractivity contribution in [3.8, 4) is 0 Å². The van der Waals surface area contributed by atoms with E-state index in [1.165, 1.54) is 0 Å². The second-order valence-corrected chi connectivity index (χ2v) is 4.38. The minimum Gasteiger partial charge on any atom is -0.301 e. The molecule has 0 saturated heterocycles. The Bertz CT molecular complexity index is 409. The van der Waals surface area contributed by atoms with E-state index in [0.29, 0.717) is 0 Å². The molecule has 1 heterocycles. The Balaban J connectivity index is 0.00000128. The average molecular weight is 238 g/mol. The van der Waals surface area contributed by atoms with E-state index < -0.39 is 5.54 Å². The largest absolute Gasteiger partial charge is 0.301 e. The van der Waals surface area contributed by atoms with Crippen molar-refractivity contribution in [3.63, 3.8) is 0 Å². The van der Waals surface area contributed by atoms with E-state index in [1.807, 2.05) is 44.2 Å². The van der Waals surface area contributed by atoms with Crippen molar-refractivity contribution in [2.75, 3.05) is 6.54 Å². The Morgan fingerprint density at radius 1 is 1.19 bits per heavy atom. The maximum Gasteiger partial charge on any atom is 0.175 e. The zero-order chi connectivity index (χ0) is 10.9. The monoisotopic (exact) mass is 237 g/mol. The van der Waals surface area contributed by atoms with Crippen molar-refractivity contribution in [1.29, 1.82) is 0 Å². The first kappa shape index (κ1) is 12.9. The highest BCUT2D eigenvalue weighted by Gasteiger charge is 2.29. The molecule has 0 radical (unpaired) electrons. The number of halogens is 1. The van der Waals surface area contributed by atoms with Gasteiger partial charge in [0.25, 0.3) is 0 Å². The van der Waals surface area contributed by atoms with Gasteiger partial charge in [-0.25, -0.2) is 0 Å². The third-order valence-electron chi connectivity index (χ3n) is 2.79. The summed E-state index contributed by atoms with van der Waals surface area (Å²) in [5, 5.41) is 3.24. The van der Waals surface area contributed by atoms with Crippen LogP contribution in [0.4, 0.5) is 0 Å². The van der Waals surface area contributed by atoms with E-state index in [9.17, 15) is 4.79 Å². The van der Waals surface area contributed by atoms with Crippen LogP contribution in [0.2, 0.25) is 0 Å². The van der Waals surface area contributed by atoms with Gasteiger partial charge in [0.1, 0.15) is 0 Å². The molecule has 86 valence electrons. The van der Waals surface area contributed by atoms with Crippen LogP contribution in [0, 0.1) is 0 Å². The normalized spacial score (nSPS) is 18.6. The molecule has 0 amide bonds. The van der Waals surface area contributed by atoms with Gasteiger partial charge in [-0.1, -0.05) is 30.3 Å². The number of ketones is 1. The molecule has 16 heavy (non-hydrogen) atoms. The van der Waals surface area contributed by atoms with Gasteiger partial charge >= 0.3 is 0 Å². The molecule has 0 aromatic heterocycles. The Hall–Kier alpha value is -1.12. The Kier molecular flexibility index (Phi) is 3.89. The van der Waals surface area contributed by atoms with E-state index in [2.05, 4.69) is 5.32 Å². The van der Waals surface area contributed by atoms with E-state index in [0.717, 1.165) is 17.7 Å². The van der Waals surface area contributed by atoms with E-state index in [1.54, 1.807) is 6.08 Å². The molecule has 1 N–H and O–H groups in total. The first-order valence-corrected chi connectivity index (χ1v) is 5.15. The third-order valence-corrected chi connectivity index (χ3v) is 2.79. The summed E-state index contributed by atoms with van der Waals surface area (Å²) in [6.07, 6.45) is 1.76. The quantitative estimate of drug-likeness (QED) is 0.813. The van der Waals surface area contributed by atoms with E-state index >= 15 is 0 Å². The fourth-order valence-electron chi connectivity index (χ4n) is 1.63. The molecule has 1 aliphatic rings. The van der Waals surface area contributed by atoms with Gasteiger partial charge in [0.2, 0.25) is 0 Å². The molecule has 0 fully saturated rings. The number of nitrogens with one attached hydrogen (secondary N) is 1.